The van der Waals surface area contributed by atoms with Crippen molar-refractivity contribution in [3.63, 3.8) is 0 Å². The molecule has 1 atom stereocenters. The molecule has 10 heteroatoms. The quantitative estimate of drug-likeness (QED) is 0.319. The third-order valence-corrected chi connectivity index (χ3v) is 6.74. The van der Waals surface area contributed by atoms with Gasteiger partial charge in [-0.1, -0.05) is 17.9 Å². The van der Waals surface area contributed by atoms with E-state index in [1.165, 1.54) is 23.1 Å². The fourth-order valence-corrected chi connectivity index (χ4v) is 3.93. The van der Waals surface area contributed by atoms with Crippen LogP contribution in [0, 0.1) is 23.6 Å². The maximum atomic E-state index is 13.2. The lowest BCUT2D eigenvalue weighted by Crippen LogP contribution is -2.51. The molecule has 0 aliphatic heterocycles. The molecule has 2 aliphatic carbocycles. The van der Waals surface area contributed by atoms with Crippen molar-refractivity contribution in [2.45, 2.75) is 50.7 Å². The van der Waals surface area contributed by atoms with Crippen molar-refractivity contribution in [3.8, 4) is 11.8 Å². The van der Waals surface area contributed by atoms with E-state index < -0.39 is 6.04 Å². The van der Waals surface area contributed by atoms with Crippen LogP contribution in [-0.4, -0.2) is 77.4 Å². The molecule has 39 heavy (non-hydrogen) atoms. The summed E-state index contributed by atoms with van der Waals surface area (Å²) >= 11 is 0. The summed E-state index contributed by atoms with van der Waals surface area (Å²) in [4.78, 5) is 37.4. The normalized spacial score (nSPS) is 19.0. The molecular weight excluding hydrogens is 497 g/mol. The molecule has 0 radical (unpaired) electrons. The smallest absolute Gasteiger partial charge is 0.246 e. The van der Waals surface area contributed by atoms with Crippen molar-refractivity contribution in [3.05, 3.63) is 54.0 Å². The number of carbonyl (C=O) groups is 2. The monoisotopic (exact) mass is 533 g/mol. The minimum atomic E-state index is -0.568. The first-order chi connectivity index (χ1) is 18.7. The van der Waals surface area contributed by atoms with Crippen molar-refractivity contribution in [1.29, 1.82) is 0 Å². The number of hydrogen-bond acceptors (Lipinski definition) is 7. The molecule has 1 unspecified atom stereocenters. The van der Waals surface area contributed by atoms with Crippen LogP contribution >= 0.6 is 0 Å². The topological polar surface area (TPSA) is 102 Å². The molecule has 1 aromatic heterocycles. The van der Waals surface area contributed by atoms with Gasteiger partial charge in [-0.3, -0.25) is 9.59 Å². The second-order valence-corrected chi connectivity index (χ2v) is 10.4. The van der Waals surface area contributed by atoms with Crippen LogP contribution in [0.25, 0.3) is 0 Å². The van der Waals surface area contributed by atoms with Crippen LogP contribution < -0.4 is 16.0 Å². The highest BCUT2D eigenvalue weighted by atomic mass is 19.1. The Bertz CT molecular complexity index is 1260. The lowest BCUT2D eigenvalue weighted by Gasteiger charge is -2.34. The van der Waals surface area contributed by atoms with E-state index >= 15 is 0 Å². The molecule has 1 heterocycles. The lowest BCUT2D eigenvalue weighted by atomic mass is 9.80. The van der Waals surface area contributed by atoms with Crippen molar-refractivity contribution in [2.24, 2.45) is 5.92 Å². The lowest BCUT2D eigenvalue weighted by molar-refractivity contribution is -0.135. The highest BCUT2D eigenvalue weighted by Crippen LogP contribution is 2.29. The van der Waals surface area contributed by atoms with E-state index in [0.717, 1.165) is 31.2 Å². The van der Waals surface area contributed by atoms with Crippen molar-refractivity contribution < 1.29 is 14.0 Å². The van der Waals surface area contributed by atoms with Crippen LogP contribution in [0.3, 0.4) is 0 Å². The largest absolute Gasteiger partial charge is 0.366 e. The number of rotatable bonds is 10. The van der Waals surface area contributed by atoms with Crippen molar-refractivity contribution in [2.75, 3.05) is 38.3 Å². The fourth-order valence-electron chi connectivity index (χ4n) is 3.93. The van der Waals surface area contributed by atoms with Crippen molar-refractivity contribution >= 4 is 29.3 Å². The van der Waals surface area contributed by atoms with E-state index in [9.17, 15) is 14.0 Å². The van der Waals surface area contributed by atoms with Gasteiger partial charge in [0.25, 0.3) is 0 Å². The molecule has 0 bridgehead atoms. The third kappa shape index (κ3) is 8.26. The minimum absolute atomic E-state index is 0.0367. The van der Waals surface area contributed by atoms with Crippen LogP contribution in [0.1, 0.15) is 38.2 Å². The minimum Gasteiger partial charge on any atom is -0.366 e. The molecule has 4 rings (SSSR count). The second kappa shape index (κ2) is 12.7. The zero-order valence-corrected chi connectivity index (χ0v) is 22.9. The van der Waals surface area contributed by atoms with E-state index in [4.69, 9.17) is 0 Å². The van der Waals surface area contributed by atoms with Crippen LogP contribution in [0.5, 0.6) is 0 Å². The van der Waals surface area contributed by atoms with Crippen LogP contribution in [-0.2, 0) is 9.59 Å². The number of anilines is 3. The summed E-state index contributed by atoms with van der Waals surface area (Å²) in [6, 6.07) is 5.87. The Kier molecular flexibility index (Phi) is 9.15. The summed E-state index contributed by atoms with van der Waals surface area (Å²) in [5, 5.41) is 9.54. The summed E-state index contributed by atoms with van der Waals surface area (Å²) in [6.07, 6.45) is 8.66. The first-order valence-corrected chi connectivity index (χ1v) is 13.2. The molecule has 1 aromatic carbocycles. The molecule has 2 fully saturated rings. The van der Waals surface area contributed by atoms with Gasteiger partial charge in [0.2, 0.25) is 17.8 Å². The predicted octanol–water partition coefficient (Wildman–Crippen LogP) is 3.14. The molecule has 0 spiro atoms. The molecule has 2 saturated carbocycles. The number of benzene rings is 1. The number of likely N-dealkylation sites (N-methyl/N-ethyl adjacent to an activating group) is 2. The van der Waals surface area contributed by atoms with Crippen LogP contribution in [0.4, 0.5) is 21.8 Å². The summed E-state index contributed by atoms with van der Waals surface area (Å²) in [7, 11) is 5.49. The van der Waals surface area contributed by atoms with Gasteiger partial charge in [0, 0.05) is 43.4 Å². The highest BCUT2D eigenvalue weighted by Gasteiger charge is 2.31. The molecule has 2 amide bonds. The van der Waals surface area contributed by atoms with E-state index in [1.807, 2.05) is 19.0 Å². The molecule has 206 valence electrons. The number of nitrogens with zero attached hydrogens (tertiary/aromatic N) is 4. The maximum Gasteiger partial charge on any atom is 0.246 e. The number of carbonyl (C=O) groups excluding carboxylic acids is 2. The maximum absolute atomic E-state index is 13.2. The Morgan fingerprint density at radius 3 is 2.54 bits per heavy atom. The van der Waals surface area contributed by atoms with E-state index in [-0.39, 0.29) is 29.6 Å². The van der Waals surface area contributed by atoms with Gasteiger partial charge in [-0.25, -0.2) is 9.37 Å². The van der Waals surface area contributed by atoms with Gasteiger partial charge in [0.05, 0.1) is 11.8 Å². The van der Waals surface area contributed by atoms with Crippen molar-refractivity contribution in [1.82, 2.24) is 25.1 Å². The summed E-state index contributed by atoms with van der Waals surface area (Å²) in [5.41, 5.74) is 1.41. The molecule has 0 saturated heterocycles. The Labute approximate surface area is 229 Å². The SMILES string of the molecule is CC(C(=O)NC1CC(C#Cc2cnc(Nc3ccc(F)cc3)nc2NC2CC2)C1)N(C)C(=O)/C=C/CN(C)C. The zero-order valence-electron chi connectivity index (χ0n) is 22.9. The molecular formula is C29H36FN7O2. The van der Waals surface area contributed by atoms with Crippen LogP contribution in [0.15, 0.2) is 42.6 Å². The Balaban J connectivity index is 1.29. The van der Waals surface area contributed by atoms with E-state index in [0.29, 0.717) is 30.0 Å². The van der Waals surface area contributed by atoms with Gasteiger partial charge in [-0.15, -0.1) is 0 Å². The van der Waals surface area contributed by atoms with Gasteiger partial charge in [-0.05, 0) is 71.0 Å². The van der Waals surface area contributed by atoms with E-state index in [1.54, 1.807) is 38.4 Å². The first kappa shape index (κ1) is 28.0. The second-order valence-electron chi connectivity index (χ2n) is 10.4. The summed E-state index contributed by atoms with van der Waals surface area (Å²) < 4.78 is 13.2. The molecule has 2 aromatic rings. The number of hydrogen-bond donors (Lipinski definition) is 3. The van der Waals surface area contributed by atoms with Gasteiger partial charge in [0.1, 0.15) is 17.7 Å². The highest BCUT2D eigenvalue weighted by molar-refractivity contribution is 5.92. The Morgan fingerprint density at radius 2 is 1.87 bits per heavy atom. The average molecular weight is 534 g/mol. The van der Waals surface area contributed by atoms with Gasteiger partial charge in [0.15, 0.2) is 0 Å². The summed E-state index contributed by atoms with van der Waals surface area (Å²) in [6.45, 7) is 2.39. The number of aromatic nitrogens is 2. The Hall–Kier alpha value is -3.97. The van der Waals surface area contributed by atoms with E-state index in [2.05, 4.69) is 37.8 Å². The van der Waals surface area contributed by atoms with Gasteiger partial charge < -0.3 is 25.8 Å². The zero-order chi connectivity index (χ0) is 27.9. The number of nitrogens with one attached hydrogen (secondary N) is 3. The fraction of sp³-hybridized carbons (Fsp3) is 0.448. The molecule has 2 aliphatic rings. The molecule has 9 nitrogen and oxygen atoms in total. The van der Waals surface area contributed by atoms with Gasteiger partial charge >= 0.3 is 0 Å². The number of halogens is 1. The standard InChI is InChI=1S/C29H36FN7O2/c1-19(37(4)26(38)6-5-15-36(2)3)28(39)33-25-16-20(17-25)7-8-21-18-31-29(35-27(21)32-23-13-14-23)34-24-11-9-22(30)10-12-24/h5-6,9-12,18-20,23,25H,13-17H2,1-4H3,(H,33,39)(H2,31,32,34,35)/b6-5+. The third-order valence-electron chi connectivity index (χ3n) is 6.74. The molecule has 3 N–H and O–H groups in total. The number of amides is 2. The Morgan fingerprint density at radius 1 is 1.15 bits per heavy atom. The predicted molar refractivity (Wildman–Crippen MR) is 150 cm³/mol. The summed E-state index contributed by atoms with van der Waals surface area (Å²) in [5.74, 6) is 7.07. The first-order valence-electron chi connectivity index (χ1n) is 13.2. The average Bonchev–Trinajstić information content (AvgIpc) is 3.70. The van der Waals surface area contributed by atoms with Gasteiger partial charge in [-0.2, -0.15) is 4.98 Å². The van der Waals surface area contributed by atoms with Crippen LogP contribution in [0.2, 0.25) is 0 Å².